The summed E-state index contributed by atoms with van der Waals surface area (Å²) in [6.07, 6.45) is 0. The van der Waals surface area contributed by atoms with Gasteiger partial charge in [0.2, 0.25) is 0 Å². The molecule has 0 aliphatic heterocycles. The molecule has 0 unspecified atom stereocenters. The maximum Gasteiger partial charge on any atom is 0.255 e. The molecule has 0 saturated carbocycles. The zero-order valence-electron chi connectivity index (χ0n) is 13.2. The van der Waals surface area contributed by atoms with Gasteiger partial charge in [0.25, 0.3) is 5.91 Å². The number of nitrogens with one attached hydrogen (secondary N) is 2. The molecule has 3 nitrogen and oxygen atoms in total. The van der Waals surface area contributed by atoms with Crippen molar-refractivity contribution < 1.29 is 9.18 Å². The Kier molecular flexibility index (Phi) is 4.57. The molecule has 0 saturated heterocycles. The van der Waals surface area contributed by atoms with Crippen LogP contribution in [0.1, 0.15) is 15.9 Å². The lowest BCUT2D eigenvalue weighted by Crippen LogP contribution is -2.11. The Morgan fingerprint density at radius 1 is 0.833 bits per heavy atom. The zero-order valence-corrected chi connectivity index (χ0v) is 13.2. The van der Waals surface area contributed by atoms with Gasteiger partial charge in [-0.1, -0.05) is 23.8 Å². The van der Waals surface area contributed by atoms with E-state index in [1.165, 1.54) is 23.8 Å². The van der Waals surface area contributed by atoms with Crippen molar-refractivity contribution in [1.82, 2.24) is 0 Å². The smallest absolute Gasteiger partial charge is 0.255 e. The highest BCUT2D eigenvalue weighted by atomic mass is 19.1. The third kappa shape index (κ3) is 3.98. The van der Waals surface area contributed by atoms with Gasteiger partial charge in [-0.3, -0.25) is 4.79 Å². The summed E-state index contributed by atoms with van der Waals surface area (Å²) in [7, 11) is 0. The van der Waals surface area contributed by atoms with Gasteiger partial charge in [-0.2, -0.15) is 0 Å². The molecule has 3 aromatic rings. The van der Waals surface area contributed by atoms with E-state index in [9.17, 15) is 9.18 Å². The minimum Gasteiger partial charge on any atom is -0.356 e. The van der Waals surface area contributed by atoms with Crippen LogP contribution in [-0.4, -0.2) is 5.91 Å². The second-order valence-corrected chi connectivity index (χ2v) is 5.53. The lowest BCUT2D eigenvalue weighted by Gasteiger charge is -2.09. The molecular weight excluding hydrogens is 303 g/mol. The van der Waals surface area contributed by atoms with Crippen LogP contribution in [0.25, 0.3) is 0 Å². The molecule has 0 spiro atoms. The van der Waals surface area contributed by atoms with E-state index in [0.29, 0.717) is 5.69 Å². The Morgan fingerprint density at radius 3 is 2.04 bits per heavy atom. The molecule has 0 atom stereocenters. The molecular formula is C20H17FN2O. The van der Waals surface area contributed by atoms with Crippen molar-refractivity contribution in [3.8, 4) is 0 Å². The first-order chi connectivity index (χ1) is 11.6. The van der Waals surface area contributed by atoms with Crippen molar-refractivity contribution in [3.63, 3.8) is 0 Å². The lowest BCUT2D eigenvalue weighted by atomic mass is 10.2. The van der Waals surface area contributed by atoms with E-state index in [2.05, 4.69) is 10.6 Å². The summed E-state index contributed by atoms with van der Waals surface area (Å²) in [6.45, 7) is 2.04. The number of halogens is 1. The van der Waals surface area contributed by atoms with Gasteiger partial charge in [0, 0.05) is 22.6 Å². The topological polar surface area (TPSA) is 41.1 Å². The molecule has 1 amide bonds. The Morgan fingerprint density at radius 2 is 1.42 bits per heavy atom. The third-order valence-electron chi connectivity index (χ3n) is 3.57. The van der Waals surface area contributed by atoms with Crippen molar-refractivity contribution in [2.75, 3.05) is 10.6 Å². The Balaban J connectivity index is 1.66. The highest BCUT2D eigenvalue weighted by Crippen LogP contribution is 2.19. The number of carbonyl (C=O) groups is 1. The van der Waals surface area contributed by atoms with Crippen LogP contribution in [0.2, 0.25) is 0 Å². The van der Waals surface area contributed by atoms with E-state index in [1.54, 1.807) is 18.2 Å². The molecule has 0 bridgehead atoms. The molecule has 0 aromatic heterocycles. The van der Waals surface area contributed by atoms with Gasteiger partial charge in [0.15, 0.2) is 0 Å². The van der Waals surface area contributed by atoms with Crippen LogP contribution in [0.4, 0.5) is 21.5 Å². The van der Waals surface area contributed by atoms with E-state index in [0.717, 1.165) is 11.4 Å². The first-order valence-corrected chi connectivity index (χ1v) is 7.61. The second-order valence-electron chi connectivity index (χ2n) is 5.53. The van der Waals surface area contributed by atoms with Gasteiger partial charge in [-0.05, 0) is 61.5 Å². The SMILES string of the molecule is Cc1ccc(Nc2ccc(NC(=O)c3cccc(F)c3)cc2)cc1. The summed E-state index contributed by atoms with van der Waals surface area (Å²) in [5, 5.41) is 6.04. The van der Waals surface area contributed by atoms with Crippen LogP contribution >= 0.6 is 0 Å². The number of anilines is 3. The van der Waals surface area contributed by atoms with Gasteiger partial charge >= 0.3 is 0 Å². The molecule has 0 fully saturated rings. The zero-order chi connectivity index (χ0) is 16.9. The average molecular weight is 320 g/mol. The fraction of sp³-hybridized carbons (Fsp3) is 0.0500. The first-order valence-electron chi connectivity index (χ1n) is 7.61. The van der Waals surface area contributed by atoms with E-state index in [-0.39, 0.29) is 11.5 Å². The van der Waals surface area contributed by atoms with Crippen molar-refractivity contribution in [1.29, 1.82) is 0 Å². The lowest BCUT2D eigenvalue weighted by molar-refractivity contribution is 0.102. The molecule has 3 rings (SSSR count). The minimum absolute atomic E-state index is 0.289. The normalized spacial score (nSPS) is 10.2. The Labute approximate surface area is 140 Å². The fourth-order valence-electron chi connectivity index (χ4n) is 2.27. The number of hydrogen-bond acceptors (Lipinski definition) is 2. The second kappa shape index (κ2) is 6.96. The van der Waals surface area contributed by atoms with Crippen molar-refractivity contribution >= 4 is 23.0 Å². The summed E-state index contributed by atoms with van der Waals surface area (Å²) >= 11 is 0. The number of benzene rings is 3. The third-order valence-corrected chi connectivity index (χ3v) is 3.57. The van der Waals surface area contributed by atoms with Gasteiger partial charge in [0.05, 0.1) is 0 Å². The summed E-state index contributed by atoms with van der Waals surface area (Å²) in [5.41, 5.74) is 4.06. The molecule has 0 aliphatic carbocycles. The first kappa shape index (κ1) is 15.7. The average Bonchev–Trinajstić information content (AvgIpc) is 2.59. The molecule has 3 aromatic carbocycles. The maximum absolute atomic E-state index is 13.2. The van der Waals surface area contributed by atoms with Crippen LogP contribution < -0.4 is 10.6 Å². The molecule has 2 N–H and O–H groups in total. The quantitative estimate of drug-likeness (QED) is 0.699. The Bertz CT molecular complexity index is 842. The summed E-state index contributed by atoms with van der Waals surface area (Å²) in [5.74, 6) is -0.769. The predicted octanol–water partition coefficient (Wildman–Crippen LogP) is 5.13. The predicted molar refractivity (Wildman–Crippen MR) is 95.3 cm³/mol. The highest BCUT2D eigenvalue weighted by molar-refractivity contribution is 6.04. The largest absolute Gasteiger partial charge is 0.356 e. The number of hydrogen-bond donors (Lipinski definition) is 2. The Hall–Kier alpha value is -3.14. The van der Waals surface area contributed by atoms with Gasteiger partial charge in [-0.25, -0.2) is 4.39 Å². The van der Waals surface area contributed by atoms with Crippen LogP contribution in [-0.2, 0) is 0 Å². The number of rotatable bonds is 4. The molecule has 24 heavy (non-hydrogen) atoms. The molecule has 120 valence electrons. The summed E-state index contributed by atoms with van der Waals surface area (Å²) in [4.78, 5) is 12.1. The fourth-order valence-corrected chi connectivity index (χ4v) is 2.27. The van der Waals surface area contributed by atoms with E-state index in [1.807, 2.05) is 43.3 Å². The van der Waals surface area contributed by atoms with Crippen molar-refractivity contribution in [2.45, 2.75) is 6.92 Å². The molecule has 0 aliphatic rings. The van der Waals surface area contributed by atoms with Crippen molar-refractivity contribution in [2.24, 2.45) is 0 Å². The molecule has 0 radical (unpaired) electrons. The molecule has 4 heteroatoms. The summed E-state index contributed by atoms with van der Waals surface area (Å²) < 4.78 is 13.2. The van der Waals surface area contributed by atoms with E-state index >= 15 is 0 Å². The highest BCUT2D eigenvalue weighted by Gasteiger charge is 2.06. The van der Waals surface area contributed by atoms with Gasteiger partial charge < -0.3 is 10.6 Å². The number of aryl methyl sites for hydroxylation is 1. The van der Waals surface area contributed by atoms with Crippen LogP contribution in [0, 0.1) is 12.7 Å². The van der Waals surface area contributed by atoms with E-state index < -0.39 is 5.82 Å². The van der Waals surface area contributed by atoms with Crippen LogP contribution in [0.5, 0.6) is 0 Å². The minimum atomic E-state index is -0.430. The van der Waals surface area contributed by atoms with Gasteiger partial charge in [-0.15, -0.1) is 0 Å². The maximum atomic E-state index is 13.2. The molecule has 0 heterocycles. The van der Waals surface area contributed by atoms with Crippen molar-refractivity contribution in [3.05, 3.63) is 89.7 Å². The van der Waals surface area contributed by atoms with Gasteiger partial charge in [0.1, 0.15) is 5.82 Å². The number of carbonyl (C=O) groups excluding carboxylic acids is 1. The number of amides is 1. The monoisotopic (exact) mass is 320 g/mol. The van der Waals surface area contributed by atoms with Crippen LogP contribution in [0.3, 0.4) is 0 Å². The van der Waals surface area contributed by atoms with E-state index in [4.69, 9.17) is 0 Å². The summed E-state index contributed by atoms with van der Waals surface area (Å²) in [6, 6.07) is 21.1. The standard InChI is InChI=1S/C20H17FN2O/c1-14-5-7-17(8-6-14)22-18-9-11-19(12-10-18)23-20(24)15-3-2-4-16(21)13-15/h2-13,22H,1H3,(H,23,24). The van der Waals surface area contributed by atoms with Crippen LogP contribution in [0.15, 0.2) is 72.8 Å².